The van der Waals surface area contributed by atoms with Crippen molar-refractivity contribution < 1.29 is 13.9 Å². The number of anilines is 1. The first-order valence-corrected chi connectivity index (χ1v) is 9.27. The molecule has 0 spiro atoms. The largest absolute Gasteiger partial charge is 0.495 e. The Labute approximate surface area is 164 Å². The summed E-state index contributed by atoms with van der Waals surface area (Å²) in [6.45, 7) is 0. The number of amides is 1. The molecule has 1 amide bonds. The van der Waals surface area contributed by atoms with E-state index in [1.165, 1.54) is 18.9 Å². The van der Waals surface area contributed by atoms with Crippen molar-refractivity contribution in [3.05, 3.63) is 58.7 Å². The number of methoxy groups -OCH3 is 1. The Hall–Kier alpha value is -2.15. The van der Waals surface area contributed by atoms with E-state index in [0.717, 1.165) is 5.56 Å². The number of benzene rings is 2. The van der Waals surface area contributed by atoms with E-state index in [4.69, 9.17) is 32.4 Å². The van der Waals surface area contributed by atoms with E-state index in [-0.39, 0.29) is 11.7 Å². The van der Waals surface area contributed by atoms with Crippen molar-refractivity contribution in [1.29, 1.82) is 0 Å². The number of thioether (sulfide) groups is 1. The molecule has 0 saturated carbocycles. The van der Waals surface area contributed by atoms with Crippen molar-refractivity contribution in [2.45, 2.75) is 5.22 Å². The van der Waals surface area contributed by atoms with Crippen molar-refractivity contribution in [3.63, 3.8) is 0 Å². The number of carbonyl (C=O) groups is 1. The molecule has 0 fully saturated rings. The van der Waals surface area contributed by atoms with Gasteiger partial charge in [-0.2, -0.15) is 0 Å². The number of halogens is 2. The quantitative estimate of drug-likeness (QED) is 0.554. The number of carbonyl (C=O) groups excluding carboxylic acids is 1. The first kappa shape index (κ1) is 18.6. The topological polar surface area (TPSA) is 64.4 Å². The highest BCUT2D eigenvalue weighted by Crippen LogP contribution is 2.29. The van der Waals surface area contributed by atoms with Gasteiger partial charge >= 0.3 is 0 Å². The lowest BCUT2D eigenvalue weighted by molar-refractivity contribution is -0.113. The molecular weight excluding hydrogens is 395 g/mol. The summed E-state index contributed by atoms with van der Waals surface area (Å²) in [6, 6.07) is 12.3. The van der Waals surface area contributed by atoms with Gasteiger partial charge in [-0.05, 0) is 30.3 Å². The molecule has 1 N–H and O–H groups in total. The number of oxazole rings is 1. The van der Waals surface area contributed by atoms with Gasteiger partial charge in [0.1, 0.15) is 5.75 Å². The van der Waals surface area contributed by atoms with Gasteiger partial charge in [-0.3, -0.25) is 4.79 Å². The molecule has 5 nitrogen and oxygen atoms in total. The molecule has 0 atom stereocenters. The zero-order chi connectivity index (χ0) is 18.5. The van der Waals surface area contributed by atoms with Crippen LogP contribution in [0.5, 0.6) is 5.75 Å². The van der Waals surface area contributed by atoms with Gasteiger partial charge in [-0.25, -0.2) is 4.98 Å². The van der Waals surface area contributed by atoms with Crippen LogP contribution in [0.1, 0.15) is 0 Å². The third kappa shape index (κ3) is 4.72. The zero-order valence-electron chi connectivity index (χ0n) is 13.7. The summed E-state index contributed by atoms with van der Waals surface area (Å²) < 4.78 is 10.9. The molecule has 26 heavy (non-hydrogen) atoms. The van der Waals surface area contributed by atoms with Crippen LogP contribution in [0.25, 0.3) is 11.3 Å². The summed E-state index contributed by atoms with van der Waals surface area (Å²) >= 11 is 13.1. The molecule has 0 aliphatic rings. The second-order valence-corrected chi connectivity index (χ2v) is 6.98. The maximum Gasteiger partial charge on any atom is 0.256 e. The fourth-order valence-electron chi connectivity index (χ4n) is 2.19. The maximum atomic E-state index is 12.2. The highest BCUT2D eigenvalue weighted by Gasteiger charge is 2.12. The molecule has 1 heterocycles. The lowest BCUT2D eigenvalue weighted by Gasteiger charge is -2.09. The van der Waals surface area contributed by atoms with Crippen molar-refractivity contribution in [2.75, 3.05) is 18.2 Å². The average Bonchev–Trinajstić information content (AvgIpc) is 3.09. The molecule has 0 saturated heterocycles. The molecule has 0 bridgehead atoms. The van der Waals surface area contributed by atoms with Crippen LogP contribution in [0.15, 0.2) is 58.3 Å². The van der Waals surface area contributed by atoms with Gasteiger partial charge < -0.3 is 14.5 Å². The second kappa shape index (κ2) is 8.49. The molecule has 8 heteroatoms. The van der Waals surface area contributed by atoms with Gasteiger partial charge in [-0.1, -0.05) is 47.1 Å². The van der Waals surface area contributed by atoms with E-state index in [1.807, 2.05) is 12.1 Å². The first-order valence-electron chi connectivity index (χ1n) is 7.53. The van der Waals surface area contributed by atoms with Crippen LogP contribution in [0.3, 0.4) is 0 Å². The number of hydrogen-bond donors (Lipinski definition) is 1. The fourth-order valence-corrected chi connectivity index (χ4v) is 3.16. The van der Waals surface area contributed by atoms with Gasteiger partial charge in [0, 0.05) is 15.6 Å². The molecule has 134 valence electrons. The van der Waals surface area contributed by atoms with E-state index >= 15 is 0 Å². The van der Waals surface area contributed by atoms with Gasteiger partial charge in [-0.15, -0.1) is 0 Å². The molecule has 3 aromatic rings. The number of hydrogen-bond acceptors (Lipinski definition) is 5. The Morgan fingerprint density at radius 1 is 1.23 bits per heavy atom. The van der Waals surface area contributed by atoms with Gasteiger partial charge in [0.2, 0.25) is 5.91 Å². The van der Waals surface area contributed by atoms with E-state index < -0.39 is 0 Å². The number of rotatable bonds is 6. The molecule has 0 aliphatic carbocycles. The minimum Gasteiger partial charge on any atom is -0.495 e. The van der Waals surface area contributed by atoms with Crippen LogP contribution in [0, 0.1) is 0 Å². The fraction of sp³-hybridized carbons (Fsp3) is 0.111. The Kier molecular flexibility index (Phi) is 6.08. The summed E-state index contributed by atoms with van der Waals surface area (Å²) in [7, 11) is 1.53. The molecule has 2 aromatic carbocycles. The van der Waals surface area contributed by atoms with Crippen LogP contribution in [0.4, 0.5) is 5.69 Å². The van der Waals surface area contributed by atoms with Crippen LogP contribution >= 0.6 is 35.0 Å². The summed E-state index contributed by atoms with van der Waals surface area (Å²) in [5.41, 5.74) is 1.34. The molecule has 3 rings (SSSR count). The van der Waals surface area contributed by atoms with Crippen LogP contribution < -0.4 is 10.1 Å². The van der Waals surface area contributed by atoms with E-state index in [2.05, 4.69) is 10.3 Å². The highest BCUT2D eigenvalue weighted by molar-refractivity contribution is 7.99. The third-order valence-corrected chi connectivity index (χ3v) is 4.67. The number of aromatic nitrogens is 1. The van der Waals surface area contributed by atoms with Crippen molar-refractivity contribution in [2.24, 2.45) is 0 Å². The Morgan fingerprint density at radius 3 is 2.81 bits per heavy atom. The summed E-state index contributed by atoms with van der Waals surface area (Å²) in [4.78, 5) is 16.3. The highest BCUT2D eigenvalue weighted by atomic mass is 35.5. The average molecular weight is 409 g/mol. The number of nitrogens with one attached hydrogen (secondary N) is 1. The molecular formula is C18H14Cl2N2O3S. The van der Waals surface area contributed by atoms with Gasteiger partial charge in [0.05, 0.1) is 24.7 Å². The van der Waals surface area contributed by atoms with Gasteiger partial charge in [0.15, 0.2) is 5.76 Å². The van der Waals surface area contributed by atoms with Crippen molar-refractivity contribution in [1.82, 2.24) is 4.98 Å². The Balaban J connectivity index is 1.61. The molecule has 0 radical (unpaired) electrons. The Bertz CT molecular complexity index is 930. The Morgan fingerprint density at radius 2 is 2.04 bits per heavy atom. The predicted octanol–water partition coefficient (Wildman–Crippen LogP) is 5.39. The van der Waals surface area contributed by atoms with Crippen molar-refractivity contribution >= 4 is 46.6 Å². The molecule has 1 aromatic heterocycles. The van der Waals surface area contributed by atoms with E-state index in [0.29, 0.717) is 32.5 Å². The lowest BCUT2D eigenvalue weighted by atomic mass is 10.2. The SMILES string of the molecule is COc1ccc(Cl)cc1NC(=O)CSc1ncc(-c2cccc(Cl)c2)o1. The van der Waals surface area contributed by atoms with Crippen molar-refractivity contribution in [3.8, 4) is 17.1 Å². The molecule has 0 aliphatic heterocycles. The smallest absolute Gasteiger partial charge is 0.256 e. The lowest BCUT2D eigenvalue weighted by Crippen LogP contribution is -2.14. The summed E-state index contributed by atoms with van der Waals surface area (Å²) in [6.07, 6.45) is 1.60. The van der Waals surface area contributed by atoms with E-state index in [9.17, 15) is 4.79 Å². The second-order valence-electron chi connectivity index (χ2n) is 5.18. The summed E-state index contributed by atoms with van der Waals surface area (Å²) in [5, 5.41) is 4.28. The van der Waals surface area contributed by atoms with Crippen LogP contribution in [-0.2, 0) is 4.79 Å². The number of nitrogens with zero attached hydrogens (tertiary/aromatic N) is 1. The maximum absolute atomic E-state index is 12.2. The minimum absolute atomic E-state index is 0.130. The van der Waals surface area contributed by atoms with Gasteiger partial charge in [0.25, 0.3) is 5.22 Å². The first-order chi connectivity index (χ1) is 12.5. The zero-order valence-corrected chi connectivity index (χ0v) is 16.0. The normalized spacial score (nSPS) is 10.6. The molecule has 0 unspecified atom stereocenters. The number of ether oxygens (including phenoxy) is 1. The third-order valence-electron chi connectivity index (χ3n) is 3.36. The van der Waals surface area contributed by atoms with Crippen LogP contribution in [0.2, 0.25) is 10.0 Å². The predicted molar refractivity (Wildman–Crippen MR) is 104 cm³/mol. The van der Waals surface area contributed by atoms with E-state index in [1.54, 1.807) is 36.5 Å². The summed E-state index contributed by atoms with van der Waals surface area (Å²) in [5.74, 6) is 1.03. The minimum atomic E-state index is -0.224. The standard InChI is InChI=1S/C18H14Cl2N2O3S/c1-24-15-6-5-13(20)8-14(15)22-17(23)10-26-18-21-9-16(25-18)11-3-2-4-12(19)7-11/h2-9H,10H2,1H3,(H,22,23). The van der Waals surface area contributed by atoms with Crippen LogP contribution in [-0.4, -0.2) is 23.8 Å². The monoisotopic (exact) mass is 408 g/mol.